The minimum Gasteiger partial charge on any atom is -0.494 e. The van der Waals surface area contributed by atoms with Gasteiger partial charge < -0.3 is 10.1 Å². The molecule has 1 N–H and O–H groups in total. The Hall–Kier alpha value is -1.68. The lowest BCUT2D eigenvalue weighted by Gasteiger charge is -2.06. The van der Waals surface area contributed by atoms with E-state index in [0.717, 1.165) is 30.9 Å². The lowest BCUT2D eigenvalue weighted by atomic mass is 10.2. The van der Waals surface area contributed by atoms with Crippen molar-refractivity contribution in [2.75, 3.05) is 11.9 Å². The van der Waals surface area contributed by atoms with Crippen LogP contribution in [0.2, 0.25) is 0 Å². The number of halogens is 1. The zero-order valence-electron chi connectivity index (χ0n) is 12.0. The highest BCUT2D eigenvalue weighted by Crippen LogP contribution is 2.13. The molecule has 0 radical (unpaired) electrons. The van der Waals surface area contributed by atoms with E-state index in [1.165, 1.54) is 5.56 Å². The van der Waals surface area contributed by atoms with Crippen LogP contribution in [-0.2, 0) is 13.1 Å². The Balaban J connectivity index is 0.00000200. The summed E-state index contributed by atoms with van der Waals surface area (Å²) in [4.78, 5) is 0. The fourth-order valence-electron chi connectivity index (χ4n) is 1.88. The van der Waals surface area contributed by atoms with Crippen LogP contribution in [0.5, 0.6) is 5.75 Å². The molecule has 0 saturated carbocycles. The second-order valence-corrected chi connectivity index (χ2v) is 4.42. The molecule has 5 heteroatoms. The van der Waals surface area contributed by atoms with Crippen molar-refractivity contribution in [2.45, 2.75) is 33.4 Å². The Morgan fingerprint density at radius 2 is 1.95 bits per heavy atom. The number of anilines is 1. The van der Waals surface area contributed by atoms with E-state index in [0.29, 0.717) is 6.61 Å². The Bertz CT molecular complexity index is 496. The topological polar surface area (TPSA) is 39.1 Å². The molecular formula is C15H22ClN3O. The molecular weight excluding hydrogens is 274 g/mol. The first-order valence-electron chi connectivity index (χ1n) is 6.80. The number of nitrogens with zero attached hydrogens (tertiary/aromatic N) is 2. The summed E-state index contributed by atoms with van der Waals surface area (Å²) in [6, 6.07) is 8.16. The van der Waals surface area contributed by atoms with Gasteiger partial charge in [-0.2, -0.15) is 5.10 Å². The maximum absolute atomic E-state index is 5.42. The number of benzene rings is 1. The molecule has 1 aromatic heterocycles. The predicted octanol–water partition coefficient (Wildman–Crippen LogP) is 3.73. The molecule has 0 aliphatic rings. The van der Waals surface area contributed by atoms with Crippen LogP contribution >= 0.6 is 12.4 Å². The molecule has 0 atom stereocenters. The van der Waals surface area contributed by atoms with Crippen LogP contribution in [0.3, 0.4) is 0 Å². The molecule has 0 aliphatic heterocycles. The summed E-state index contributed by atoms with van der Waals surface area (Å²) in [5.74, 6) is 0.919. The fraction of sp³-hybridized carbons (Fsp3) is 0.400. The van der Waals surface area contributed by atoms with Gasteiger partial charge in [0.25, 0.3) is 0 Å². The zero-order chi connectivity index (χ0) is 13.5. The normalized spacial score (nSPS) is 9.90. The first-order chi connectivity index (χ1) is 9.31. The Morgan fingerprint density at radius 1 is 1.20 bits per heavy atom. The summed E-state index contributed by atoms with van der Waals surface area (Å²) in [6.45, 7) is 6.60. The van der Waals surface area contributed by atoms with Crippen LogP contribution in [0.15, 0.2) is 36.7 Å². The van der Waals surface area contributed by atoms with E-state index in [2.05, 4.69) is 29.5 Å². The molecule has 2 aromatic rings. The highest BCUT2D eigenvalue weighted by molar-refractivity contribution is 5.85. The average Bonchev–Trinajstić information content (AvgIpc) is 2.87. The van der Waals surface area contributed by atoms with E-state index in [9.17, 15) is 0 Å². The van der Waals surface area contributed by atoms with Crippen LogP contribution in [0.1, 0.15) is 25.8 Å². The summed E-state index contributed by atoms with van der Waals surface area (Å²) < 4.78 is 7.38. The van der Waals surface area contributed by atoms with Gasteiger partial charge in [0.2, 0.25) is 0 Å². The number of rotatable bonds is 7. The van der Waals surface area contributed by atoms with Gasteiger partial charge in [0.1, 0.15) is 5.75 Å². The maximum atomic E-state index is 5.42. The monoisotopic (exact) mass is 295 g/mol. The van der Waals surface area contributed by atoms with Crippen LogP contribution in [0.25, 0.3) is 0 Å². The van der Waals surface area contributed by atoms with Crippen LogP contribution in [-0.4, -0.2) is 16.4 Å². The molecule has 20 heavy (non-hydrogen) atoms. The standard InChI is InChI=1S/C15H21N3O.ClH/c1-3-9-18-12-14(11-17-18)16-10-13-5-7-15(8-6-13)19-4-2;/h5-8,11-12,16H,3-4,9-10H2,1-2H3;1H. The number of hydrogen-bond donors (Lipinski definition) is 1. The van der Waals surface area contributed by atoms with Crippen LogP contribution in [0.4, 0.5) is 5.69 Å². The number of aromatic nitrogens is 2. The summed E-state index contributed by atoms with van der Waals surface area (Å²) in [7, 11) is 0. The summed E-state index contributed by atoms with van der Waals surface area (Å²) in [6.07, 6.45) is 5.00. The van der Waals surface area contributed by atoms with Crippen molar-refractivity contribution in [3.63, 3.8) is 0 Å². The van der Waals surface area contributed by atoms with Gasteiger partial charge in [-0.05, 0) is 31.0 Å². The molecule has 4 nitrogen and oxygen atoms in total. The van der Waals surface area contributed by atoms with Gasteiger partial charge in [0.05, 0.1) is 18.5 Å². The van der Waals surface area contributed by atoms with Crippen molar-refractivity contribution in [2.24, 2.45) is 0 Å². The van der Waals surface area contributed by atoms with E-state index in [1.807, 2.05) is 36.1 Å². The van der Waals surface area contributed by atoms with Crippen molar-refractivity contribution >= 4 is 18.1 Å². The quantitative estimate of drug-likeness (QED) is 0.846. The molecule has 0 unspecified atom stereocenters. The van der Waals surface area contributed by atoms with Gasteiger partial charge in [0, 0.05) is 19.3 Å². The first kappa shape index (κ1) is 16.4. The van der Waals surface area contributed by atoms with Gasteiger partial charge in [-0.1, -0.05) is 19.1 Å². The largest absolute Gasteiger partial charge is 0.494 e. The maximum Gasteiger partial charge on any atom is 0.119 e. The molecule has 0 bridgehead atoms. The highest BCUT2D eigenvalue weighted by atomic mass is 35.5. The summed E-state index contributed by atoms with van der Waals surface area (Å²) in [5, 5.41) is 7.66. The molecule has 0 saturated heterocycles. The van der Waals surface area contributed by atoms with Crippen molar-refractivity contribution in [1.29, 1.82) is 0 Å². The molecule has 0 spiro atoms. The van der Waals surface area contributed by atoms with Crippen molar-refractivity contribution in [1.82, 2.24) is 9.78 Å². The summed E-state index contributed by atoms with van der Waals surface area (Å²) in [5.41, 5.74) is 2.29. The van der Waals surface area contributed by atoms with E-state index >= 15 is 0 Å². The second-order valence-electron chi connectivity index (χ2n) is 4.42. The SMILES string of the molecule is CCCn1cc(NCc2ccc(OCC)cc2)cn1.Cl. The molecule has 0 fully saturated rings. The molecule has 1 aromatic carbocycles. The third-order valence-electron chi connectivity index (χ3n) is 2.82. The van der Waals surface area contributed by atoms with Crippen LogP contribution in [0, 0.1) is 0 Å². The Morgan fingerprint density at radius 3 is 2.60 bits per heavy atom. The molecule has 1 heterocycles. The third kappa shape index (κ3) is 4.78. The van der Waals surface area contributed by atoms with Gasteiger partial charge in [-0.25, -0.2) is 0 Å². The second kappa shape index (κ2) is 8.48. The minimum absolute atomic E-state index is 0. The fourth-order valence-corrected chi connectivity index (χ4v) is 1.88. The van der Waals surface area contributed by atoms with E-state index < -0.39 is 0 Å². The van der Waals surface area contributed by atoms with Crippen molar-refractivity contribution in [3.8, 4) is 5.75 Å². The van der Waals surface area contributed by atoms with Gasteiger partial charge in [-0.3, -0.25) is 4.68 Å². The van der Waals surface area contributed by atoms with Crippen molar-refractivity contribution in [3.05, 3.63) is 42.2 Å². The van der Waals surface area contributed by atoms with Gasteiger partial charge in [-0.15, -0.1) is 12.4 Å². The molecule has 110 valence electrons. The van der Waals surface area contributed by atoms with Gasteiger partial charge >= 0.3 is 0 Å². The number of ether oxygens (including phenoxy) is 1. The lowest BCUT2D eigenvalue weighted by Crippen LogP contribution is -1.99. The number of hydrogen-bond acceptors (Lipinski definition) is 3. The van der Waals surface area contributed by atoms with E-state index in [-0.39, 0.29) is 12.4 Å². The zero-order valence-corrected chi connectivity index (χ0v) is 12.8. The predicted molar refractivity (Wildman–Crippen MR) is 84.7 cm³/mol. The molecule has 2 rings (SSSR count). The van der Waals surface area contributed by atoms with E-state index in [1.54, 1.807) is 0 Å². The van der Waals surface area contributed by atoms with Gasteiger partial charge in [0.15, 0.2) is 0 Å². The third-order valence-corrected chi connectivity index (χ3v) is 2.82. The average molecular weight is 296 g/mol. The molecule has 0 amide bonds. The number of nitrogens with one attached hydrogen (secondary N) is 1. The molecule has 0 aliphatic carbocycles. The van der Waals surface area contributed by atoms with Crippen molar-refractivity contribution < 1.29 is 4.74 Å². The first-order valence-corrected chi connectivity index (χ1v) is 6.80. The number of aryl methyl sites for hydroxylation is 1. The smallest absolute Gasteiger partial charge is 0.119 e. The highest BCUT2D eigenvalue weighted by Gasteiger charge is 1.98. The summed E-state index contributed by atoms with van der Waals surface area (Å²) >= 11 is 0. The lowest BCUT2D eigenvalue weighted by molar-refractivity contribution is 0.340. The Kier molecular flexibility index (Phi) is 6.94. The minimum atomic E-state index is 0. The Labute approximate surface area is 126 Å². The van der Waals surface area contributed by atoms with E-state index in [4.69, 9.17) is 4.74 Å². The van der Waals surface area contributed by atoms with Crippen LogP contribution < -0.4 is 10.1 Å².